The summed E-state index contributed by atoms with van der Waals surface area (Å²) in [5.74, 6) is 0.307. The van der Waals surface area contributed by atoms with Crippen molar-refractivity contribution < 1.29 is 19.4 Å². The summed E-state index contributed by atoms with van der Waals surface area (Å²) in [6, 6.07) is 14.7. The lowest BCUT2D eigenvalue weighted by Gasteiger charge is -2.17. The van der Waals surface area contributed by atoms with Crippen LogP contribution in [0.4, 0.5) is 0 Å². The predicted octanol–water partition coefficient (Wildman–Crippen LogP) is 3.08. The SMILES string of the molecule is COc1cccc(C[C@H](Oc2ccccc2C)C(=O)O)c1. The van der Waals surface area contributed by atoms with E-state index in [1.165, 1.54) is 0 Å². The minimum Gasteiger partial charge on any atom is -0.497 e. The van der Waals surface area contributed by atoms with Crippen molar-refractivity contribution in [3.05, 3.63) is 59.7 Å². The minimum atomic E-state index is -0.985. The fourth-order valence-electron chi connectivity index (χ4n) is 2.03. The molecule has 0 radical (unpaired) electrons. The zero-order chi connectivity index (χ0) is 15.2. The molecule has 0 fully saturated rings. The van der Waals surface area contributed by atoms with E-state index < -0.39 is 12.1 Å². The van der Waals surface area contributed by atoms with Crippen LogP contribution in [0.25, 0.3) is 0 Å². The average molecular weight is 286 g/mol. The lowest BCUT2D eigenvalue weighted by molar-refractivity contribution is -0.145. The molecular formula is C17H18O4. The van der Waals surface area contributed by atoms with Gasteiger partial charge in [0.25, 0.3) is 0 Å². The molecule has 110 valence electrons. The Morgan fingerprint density at radius 1 is 1.19 bits per heavy atom. The van der Waals surface area contributed by atoms with Gasteiger partial charge in [-0.25, -0.2) is 4.79 Å². The number of carbonyl (C=O) groups is 1. The molecule has 0 spiro atoms. The number of para-hydroxylation sites is 1. The number of methoxy groups -OCH3 is 1. The Labute approximate surface area is 123 Å². The van der Waals surface area contributed by atoms with Crippen LogP contribution in [0, 0.1) is 6.92 Å². The molecule has 0 bridgehead atoms. The predicted molar refractivity (Wildman–Crippen MR) is 79.9 cm³/mol. The quantitative estimate of drug-likeness (QED) is 0.886. The number of aryl methyl sites for hydroxylation is 1. The highest BCUT2D eigenvalue weighted by Crippen LogP contribution is 2.20. The second-order valence-electron chi connectivity index (χ2n) is 4.77. The molecule has 1 atom stereocenters. The van der Waals surface area contributed by atoms with Crippen molar-refractivity contribution in [1.29, 1.82) is 0 Å². The minimum absolute atomic E-state index is 0.279. The number of benzene rings is 2. The molecule has 1 N–H and O–H groups in total. The first-order valence-electron chi connectivity index (χ1n) is 6.68. The summed E-state index contributed by atoms with van der Waals surface area (Å²) in [6.07, 6.45) is -0.654. The van der Waals surface area contributed by atoms with Gasteiger partial charge in [0.15, 0.2) is 6.10 Å². The molecule has 0 aliphatic heterocycles. The van der Waals surface area contributed by atoms with Crippen LogP contribution in [0.3, 0.4) is 0 Å². The van der Waals surface area contributed by atoms with Crippen molar-refractivity contribution in [2.45, 2.75) is 19.4 Å². The van der Waals surface area contributed by atoms with E-state index in [0.717, 1.165) is 11.1 Å². The standard InChI is InChI=1S/C17H18O4/c1-12-6-3-4-9-15(12)21-16(17(18)19)11-13-7-5-8-14(10-13)20-2/h3-10,16H,11H2,1-2H3,(H,18,19)/t16-/m0/s1. The number of hydrogen-bond acceptors (Lipinski definition) is 3. The Kier molecular flexibility index (Phi) is 4.82. The third kappa shape index (κ3) is 3.99. The van der Waals surface area contributed by atoms with Crippen molar-refractivity contribution in [1.82, 2.24) is 0 Å². The molecule has 2 aromatic carbocycles. The van der Waals surface area contributed by atoms with Gasteiger partial charge in [0.05, 0.1) is 7.11 Å². The number of carboxylic acid groups (broad SMARTS) is 1. The third-order valence-corrected chi connectivity index (χ3v) is 3.19. The molecule has 0 saturated heterocycles. The lowest BCUT2D eigenvalue weighted by Crippen LogP contribution is -2.29. The van der Waals surface area contributed by atoms with E-state index in [1.807, 2.05) is 49.4 Å². The van der Waals surface area contributed by atoms with E-state index in [9.17, 15) is 9.90 Å². The molecule has 21 heavy (non-hydrogen) atoms. The Morgan fingerprint density at radius 2 is 1.95 bits per heavy atom. The highest BCUT2D eigenvalue weighted by atomic mass is 16.5. The lowest BCUT2D eigenvalue weighted by atomic mass is 10.1. The number of hydrogen-bond donors (Lipinski definition) is 1. The van der Waals surface area contributed by atoms with E-state index in [0.29, 0.717) is 11.5 Å². The summed E-state index contributed by atoms with van der Waals surface area (Å²) in [4.78, 5) is 11.4. The van der Waals surface area contributed by atoms with Crippen LogP contribution in [0.15, 0.2) is 48.5 Å². The fourth-order valence-corrected chi connectivity index (χ4v) is 2.03. The monoisotopic (exact) mass is 286 g/mol. The van der Waals surface area contributed by atoms with Crippen LogP contribution in [-0.4, -0.2) is 24.3 Å². The summed E-state index contributed by atoms with van der Waals surface area (Å²) < 4.78 is 10.8. The molecule has 0 aliphatic rings. The van der Waals surface area contributed by atoms with Gasteiger partial charge in [-0.1, -0.05) is 30.3 Å². The maximum absolute atomic E-state index is 11.4. The molecule has 0 aliphatic carbocycles. The van der Waals surface area contributed by atoms with Crippen molar-refractivity contribution in [2.24, 2.45) is 0 Å². The summed E-state index contributed by atoms with van der Waals surface area (Å²) >= 11 is 0. The zero-order valence-electron chi connectivity index (χ0n) is 12.1. The smallest absolute Gasteiger partial charge is 0.345 e. The van der Waals surface area contributed by atoms with Gasteiger partial charge < -0.3 is 14.6 Å². The summed E-state index contributed by atoms with van der Waals surface area (Å²) in [5.41, 5.74) is 1.77. The molecule has 0 aromatic heterocycles. The first kappa shape index (κ1) is 14.9. The van der Waals surface area contributed by atoms with Gasteiger partial charge in [0.2, 0.25) is 0 Å². The maximum Gasteiger partial charge on any atom is 0.345 e. The van der Waals surface area contributed by atoms with E-state index in [4.69, 9.17) is 9.47 Å². The molecule has 0 heterocycles. The molecule has 0 amide bonds. The Morgan fingerprint density at radius 3 is 2.62 bits per heavy atom. The number of rotatable bonds is 6. The fraction of sp³-hybridized carbons (Fsp3) is 0.235. The second-order valence-corrected chi connectivity index (χ2v) is 4.77. The van der Waals surface area contributed by atoms with Gasteiger partial charge in [-0.2, -0.15) is 0 Å². The van der Waals surface area contributed by atoms with E-state index >= 15 is 0 Å². The summed E-state index contributed by atoms with van der Waals surface area (Å²) in [6.45, 7) is 1.89. The van der Waals surface area contributed by atoms with E-state index in [1.54, 1.807) is 13.2 Å². The Bertz CT molecular complexity index is 622. The number of aliphatic carboxylic acids is 1. The van der Waals surface area contributed by atoms with E-state index in [2.05, 4.69) is 0 Å². The first-order valence-corrected chi connectivity index (χ1v) is 6.68. The van der Waals surface area contributed by atoms with Crippen LogP contribution in [-0.2, 0) is 11.2 Å². The molecule has 4 nitrogen and oxygen atoms in total. The van der Waals surface area contributed by atoms with Crippen molar-refractivity contribution in [3.63, 3.8) is 0 Å². The van der Waals surface area contributed by atoms with Crippen LogP contribution in [0.2, 0.25) is 0 Å². The van der Waals surface area contributed by atoms with Gasteiger partial charge in [-0.05, 0) is 36.2 Å². The Balaban J connectivity index is 2.16. The van der Waals surface area contributed by atoms with Gasteiger partial charge >= 0.3 is 5.97 Å². The molecule has 2 aromatic rings. The van der Waals surface area contributed by atoms with Crippen LogP contribution < -0.4 is 9.47 Å². The average Bonchev–Trinajstić information content (AvgIpc) is 2.49. The van der Waals surface area contributed by atoms with Crippen LogP contribution in [0.1, 0.15) is 11.1 Å². The van der Waals surface area contributed by atoms with Crippen LogP contribution >= 0.6 is 0 Å². The van der Waals surface area contributed by atoms with E-state index in [-0.39, 0.29) is 6.42 Å². The highest BCUT2D eigenvalue weighted by molar-refractivity contribution is 5.73. The normalized spacial score (nSPS) is 11.7. The Hall–Kier alpha value is -2.49. The van der Waals surface area contributed by atoms with Crippen LogP contribution in [0.5, 0.6) is 11.5 Å². The molecule has 4 heteroatoms. The van der Waals surface area contributed by atoms with Gasteiger partial charge in [-0.3, -0.25) is 0 Å². The maximum atomic E-state index is 11.4. The van der Waals surface area contributed by atoms with Gasteiger partial charge in [0, 0.05) is 6.42 Å². The van der Waals surface area contributed by atoms with Gasteiger partial charge in [-0.15, -0.1) is 0 Å². The number of carboxylic acids is 1. The van der Waals surface area contributed by atoms with Crippen molar-refractivity contribution in [3.8, 4) is 11.5 Å². The number of ether oxygens (including phenoxy) is 2. The third-order valence-electron chi connectivity index (χ3n) is 3.19. The zero-order valence-corrected chi connectivity index (χ0v) is 12.1. The topological polar surface area (TPSA) is 55.8 Å². The van der Waals surface area contributed by atoms with Crippen molar-refractivity contribution in [2.75, 3.05) is 7.11 Å². The second kappa shape index (κ2) is 6.79. The first-order chi connectivity index (χ1) is 10.1. The molecule has 0 unspecified atom stereocenters. The summed E-state index contributed by atoms with van der Waals surface area (Å²) in [7, 11) is 1.58. The largest absolute Gasteiger partial charge is 0.497 e. The molecular weight excluding hydrogens is 268 g/mol. The molecule has 2 rings (SSSR count). The van der Waals surface area contributed by atoms with Crippen molar-refractivity contribution >= 4 is 5.97 Å². The summed E-state index contributed by atoms with van der Waals surface area (Å²) in [5, 5.41) is 9.36. The molecule has 0 saturated carbocycles. The van der Waals surface area contributed by atoms with Gasteiger partial charge in [0.1, 0.15) is 11.5 Å². The highest BCUT2D eigenvalue weighted by Gasteiger charge is 2.21.